The Balaban J connectivity index is 1.61. The Morgan fingerprint density at radius 1 is 1.03 bits per heavy atom. The molecule has 0 aliphatic carbocycles. The fourth-order valence-electron chi connectivity index (χ4n) is 3.43. The topological polar surface area (TPSA) is 57.4 Å². The van der Waals surface area contributed by atoms with Gasteiger partial charge in [0, 0.05) is 22.2 Å². The number of methoxy groups -OCH3 is 1. The molecule has 30 heavy (non-hydrogen) atoms. The summed E-state index contributed by atoms with van der Waals surface area (Å²) in [6.45, 7) is 1.94. The number of amides is 2. The van der Waals surface area contributed by atoms with Gasteiger partial charge in [0.05, 0.1) is 18.8 Å². The zero-order chi connectivity index (χ0) is 21.1. The van der Waals surface area contributed by atoms with E-state index in [1.807, 2.05) is 73.7 Å². The summed E-state index contributed by atoms with van der Waals surface area (Å²) in [5.41, 5.74) is 4.54. The van der Waals surface area contributed by atoms with Crippen LogP contribution < -0.4 is 14.4 Å². The van der Waals surface area contributed by atoms with Crippen LogP contribution in [0.5, 0.6) is 5.75 Å². The minimum absolute atomic E-state index is 0.156. The van der Waals surface area contributed by atoms with E-state index in [0.717, 1.165) is 27.7 Å². The lowest BCUT2D eigenvalue weighted by Gasteiger charge is -2.22. The van der Waals surface area contributed by atoms with Gasteiger partial charge < -0.3 is 15.0 Å². The van der Waals surface area contributed by atoms with Crippen molar-refractivity contribution in [2.45, 2.75) is 13.0 Å². The second kappa shape index (κ2) is 8.55. The summed E-state index contributed by atoms with van der Waals surface area (Å²) in [4.78, 5) is 16.3. The van der Waals surface area contributed by atoms with Gasteiger partial charge in [-0.05, 0) is 42.8 Å². The summed E-state index contributed by atoms with van der Waals surface area (Å²) in [6, 6.07) is 25.2. The summed E-state index contributed by atoms with van der Waals surface area (Å²) in [5, 5.41) is 4.10. The molecule has 5 nitrogen and oxygen atoms in total. The largest absolute Gasteiger partial charge is 0.495 e. The van der Waals surface area contributed by atoms with Crippen molar-refractivity contribution < 1.29 is 9.53 Å². The van der Waals surface area contributed by atoms with E-state index in [0.29, 0.717) is 11.4 Å². The van der Waals surface area contributed by atoms with Gasteiger partial charge in [-0.1, -0.05) is 61.3 Å². The molecule has 2 N–H and O–H groups in total. The zero-order valence-electron chi connectivity index (χ0n) is 16.8. The van der Waals surface area contributed by atoms with Crippen LogP contribution >= 0.6 is 12.8 Å². The van der Waals surface area contributed by atoms with Crippen LogP contribution in [-0.2, 0) is 0 Å². The smallest absolute Gasteiger partial charge is 0.332 e. The highest BCUT2D eigenvalue weighted by Crippen LogP contribution is 2.35. The highest BCUT2D eigenvalue weighted by molar-refractivity contribution is 7.82. The number of para-hydroxylation sites is 1. The molecule has 0 aliphatic heterocycles. The van der Waals surface area contributed by atoms with Crippen molar-refractivity contribution in [2.75, 3.05) is 11.4 Å². The Bertz CT molecular complexity index is 1140. The van der Waals surface area contributed by atoms with Crippen molar-refractivity contribution in [1.29, 1.82) is 0 Å². The predicted molar refractivity (Wildman–Crippen MR) is 125 cm³/mol. The molecule has 0 saturated heterocycles. The van der Waals surface area contributed by atoms with Crippen LogP contribution in [0.25, 0.3) is 22.2 Å². The van der Waals surface area contributed by atoms with E-state index in [4.69, 9.17) is 4.74 Å². The maximum absolute atomic E-state index is 12.9. The number of anilines is 1. The fourth-order valence-corrected chi connectivity index (χ4v) is 3.65. The van der Waals surface area contributed by atoms with Crippen LogP contribution in [0.15, 0.2) is 78.9 Å². The van der Waals surface area contributed by atoms with Crippen LogP contribution in [0.4, 0.5) is 10.5 Å². The molecule has 0 fully saturated rings. The van der Waals surface area contributed by atoms with Crippen molar-refractivity contribution in [1.82, 2.24) is 10.3 Å². The molecule has 2 amide bonds. The van der Waals surface area contributed by atoms with E-state index in [1.54, 1.807) is 7.11 Å². The highest BCUT2D eigenvalue weighted by atomic mass is 32.1. The van der Waals surface area contributed by atoms with Crippen molar-refractivity contribution in [3.05, 3.63) is 84.4 Å². The van der Waals surface area contributed by atoms with Crippen molar-refractivity contribution >= 4 is 35.4 Å². The van der Waals surface area contributed by atoms with Crippen molar-refractivity contribution in [2.24, 2.45) is 0 Å². The summed E-state index contributed by atoms with van der Waals surface area (Å²) in [6.07, 6.45) is 0. The lowest BCUT2D eigenvalue weighted by Crippen LogP contribution is -2.35. The molecule has 1 unspecified atom stereocenters. The van der Waals surface area contributed by atoms with Gasteiger partial charge >= 0.3 is 6.03 Å². The van der Waals surface area contributed by atoms with Gasteiger partial charge in [0.25, 0.3) is 0 Å². The lowest BCUT2D eigenvalue weighted by molar-refractivity contribution is 0.247. The number of ether oxygens (including phenoxy) is 1. The standard InChI is InChI=1S/C24H23N3O2S/c1-16(17-8-4-3-5-9-17)25-24(28)27(30)22-15-19(12-13-23(22)29-2)21-14-18-10-6-7-11-20(18)26-21/h3-16,26,30H,1-2H3,(H,25,28). The maximum Gasteiger partial charge on any atom is 0.332 e. The predicted octanol–water partition coefficient (Wildman–Crippen LogP) is 5.97. The number of hydrogen-bond acceptors (Lipinski definition) is 3. The van der Waals surface area contributed by atoms with Crippen molar-refractivity contribution in [3.8, 4) is 17.0 Å². The van der Waals surface area contributed by atoms with Crippen LogP contribution in [0.1, 0.15) is 18.5 Å². The van der Waals surface area contributed by atoms with Crippen LogP contribution in [-0.4, -0.2) is 18.1 Å². The number of carbonyl (C=O) groups excluding carboxylic acids is 1. The molecule has 1 aromatic heterocycles. The first kappa shape index (κ1) is 19.9. The molecule has 0 bridgehead atoms. The molecule has 1 atom stereocenters. The third-order valence-corrected chi connectivity index (χ3v) is 5.48. The number of aromatic nitrogens is 1. The number of aromatic amines is 1. The molecule has 0 aliphatic rings. The minimum atomic E-state index is -0.332. The average molecular weight is 418 g/mol. The molecule has 152 valence electrons. The summed E-state index contributed by atoms with van der Waals surface area (Å²) in [5.74, 6) is 0.562. The van der Waals surface area contributed by atoms with Gasteiger partial charge in [-0.25, -0.2) is 9.10 Å². The van der Waals surface area contributed by atoms with Crippen molar-refractivity contribution in [3.63, 3.8) is 0 Å². The molecule has 0 spiro atoms. The molecule has 0 saturated carbocycles. The van der Waals surface area contributed by atoms with Gasteiger partial charge in [-0.15, -0.1) is 0 Å². The van der Waals surface area contributed by atoms with Crippen LogP contribution in [0, 0.1) is 0 Å². The monoisotopic (exact) mass is 417 g/mol. The Morgan fingerprint density at radius 3 is 2.50 bits per heavy atom. The number of H-pyrrole nitrogens is 1. The molecular weight excluding hydrogens is 394 g/mol. The SMILES string of the molecule is COc1ccc(-c2cc3ccccc3[nH]2)cc1N(S)C(=O)NC(C)c1ccccc1. The number of urea groups is 1. The third-order valence-electron chi connectivity index (χ3n) is 5.08. The first-order chi connectivity index (χ1) is 14.6. The zero-order valence-corrected chi connectivity index (χ0v) is 17.7. The summed E-state index contributed by atoms with van der Waals surface area (Å²) >= 11 is 4.47. The first-order valence-electron chi connectivity index (χ1n) is 9.67. The normalized spacial score (nSPS) is 11.8. The molecular formula is C24H23N3O2S. The number of benzene rings is 3. The van der Waals surface area contributed by atoms with Gasteiger partial charge in [0.2, 0.25) is 0 Å². The Kier molecular flexibility index (Phi) is 5.68. The Morgan fingerprint density at radius 2 is 1.77 bits per heavy atom. The molecule has 6 heteroatoms. The number of hydrogen-bond donors (Lipinski definition) is 3. The Labute approximate surface area is 181 Å². The van der Waals surface area contributed by atoms with E-state index in [-0.39, 0.29) is 12.1 Å². The third kappa shape index (κ3) is 4.00. The minimum Gasteiger partial charge on any atom is -0.495 e. The fraction of sp³-hybridized carbons (Fsp3) is 0.125. The summed E-state index contributed by atoms with van der Waals surface area (Å²) < 4.78 is 6.76. The number of carbonyl (C=O) groups is 1. The maximum atomic E-state index is 12.9. The first-order valence-corrected chi connectivity index (χ1v) is 10.1. The molecule has 4 rings (SSSR count). The quantitative estimate of drug-likeness (QED) is 0.351. The average Bonchev–Trinajstić information content (AvgIpc) is 3.23. The molecule has 1 heterocycles. The van der Waals surface area contributed by atoms with E-state index < -0.39 is 0 Å². The number of rotatable bonds is 5. The second-order valence-electron chi connectivity index (χ2n) is 7.05. The highest BCUT2D eigenvalue weighted by Gasteiger charge is 2.20. The van der Waals surface area contributed by atoms with Gasteiger partial charge in [0.15, 0.2) is 0 Å². The van der Waals surface area contributed by atoms with Gasteiger partial charge in [-0.3, -0.25) is 0 Å². The van der Waals surface area contributed by atoms with Gasteiger partial charge in [0.1, 0.15) is 5.75 Å². The van der Waals surface area contributed by atoms with Crippen LogP contribution in [0.2, 0.25) is 0 Å². The van der Waals surface area contributed by atoms with E-state index in [9.17, 15) is 4.79 Å². The number of nitrogens with one attached hydrogen (secondary N) is 2. The Hall–Kier alpha value is -3.38. The molecule has 0 radical (unpaired) electrons. The van der Waals surface area contributed by atoms with E-state index >= 15 is 0 Å². The lowest BCUT2D eigenvalue weighted by atomic mass is 10.1. The van der Waals surface area contributed by atoms with E-state index in [2.05, 4.69) is 35.2 Å². The molecule has 3 aromatic carbocycles. The van der Waals surface area contributed by atoms with Crippen LogP contribution in [0.3, 0.4) is 0 Å². The van der Waals surface area contributed by atoms with E-state index in [1.165, 1.54) is 4.31 Å². The number of fused-ring (bicyclic) bond motifs is 1. The summed E-state index contributed by atoms with van der Waals surface area (Å²) in [7, 11) is 1.58. The second-order valence-corrected chi connectivity index (χ2v) is 7.45. The number of nitrogens with zero attached hydrogens (tertiary/aromatic N) is 1. The van der Waals surface area contributed by atoms with Gasteiger partial charge in [-0.2, -0.15) is 0 Å². The molecule has 4 aromatic rings. The number of thiol groups is 1.